The Balaban J connectivity index is 1.12. The van der Waals surface area contributed by atoms with Gasteiger partial charge in [-0.15, -0.1) is 0 Å². The summed E-state index contributed by atoms with van der Waals surface area (Å²) in [6.45, 7) is 2.37. The normalized spacial score (nSPS) is 16.4. The Bertz CT molecular complexity index is 1380. The number of aromatic nitrogens is 4. The van der Waals surface area contributed by atoms with Gasteiger partial charge in [0.05, 0.1) is 16.6 Å². The van der Waals surface area contributed by atoms with Crippen LogP contribution >= 0.6 is 0 Å². The molecule has 0 spiro atoms. The van der Waals surface area contributed by atoms with Crippen molar-refractivity contribution in [1.82, 2.24) is 25.1 Å². The number of amides is 1. The molecule has 166 valence electrons. The zero-order valence-electron chi connectivity index (χ0n) is 18.1. The van der Waals surface area contributed by atoms with E-state index in [0.717, 1.165) is 11.3 Å². The molecular weight excluding hydrogens is 416 g/mol. The average molecular weight is 441 g/mol. The Hall–Kier alpha value is -3.94. The maximum Gasteiger partial charge on any atom is 0.260 e. The second-order valence-corrected chi connectivity index (χ2v) is 8.75. The molecule has 1 aliphatic heterocycles. The second kappa shape index (κ2) is 7.88. The fourth-order valence-corrected chi connectivity index (χ4v) is 4.40. The molecule has 1 saturated carbocycles. The van der Waals surface area contributed by atoms with Crippen molar-refractivity contribution >= 4 is 22.8 Å². The quantitative estimate of drug-likeness (QED) is 0.508. The molecule has 2 N–H and O–H groups in total. The molecule has 8 heteroatoms. The van der Waals surface area contributed by atoms with Crippen molar-refractivity contribution in [1.29, 1.82) is 0 Å². The van der Waals surface area contributed by atoms with Crippen molar-refractivity contribution < 1.29 is 4.79 Å². The molecule has 2 aromatic carbocycles. The smallest absolute Gasteiger partial charge is 0.260 e. The first-order valence-electron chi connectivity index (χ1n) is 11.3. The highest BCUT2D eigenvalue weighted by Crippen LogP contribution is 2.39. The van der Waals surface area contributed by atoms with Crippen LogP contribution < -0.4 is 10.5 Å². The van der Waals surface area contributed by atoms with Crippen LogP contribution in [0.15, 0.2) is 59.4 Å². The number of nitrogens with zero attached hydrogens (tertiary/aromatic N) is 4. The molecule has 8 nitrogen and oxygen atoms in total. The van der Waals surface area contributed by atoms with Crippen LogP contribution in [0.25, 0.3) is 22.2 Å². The van der Waals surface area contributed by atoms with Gasteiger partial charge in [0.2, 0.25) is 5.95 Å². The number of para-hydroxylation sites is 1. The van der Waals surface area contributed by atoms with E-state index in [-0.39, 0.29) is 11.5 Å². The van der Waals surface area contributed by atoms with E-state index in [0.29, 0.717) is 54.5 Å². The van der Waals surface area contributed by atoms with Crippen LogP contribution in [0.5, 0.6) is 0 Å². The Kier molecular flexibility index (Phi) is 4.71. The van der Waals surface area contributed by atoms with Gasteiger partial charge in [0.15, 0.2) is 0 Å². The largest absolute Gasteiger partial charge is 0.339 e. The predicted molar refractivity (Wildman–Crippen MR) is 126 cm³/mol. The van der Waals surface area contributed by atoms with Crippen LogP contribution in [0.4, 0.5) is 5.95 Å². The second-order valence-electron chi connectivity index (χ2n) is 8.75. The van der Waals surface area contributed by atoms with Gasteiger partial charge >= 0.3 is 0 Å². The van der Waals surface area contributed by atoms with E-state index in [2.05, 4.69) is 26.2 Å². The molecule has 33 heavy (non-hydrogen) atoms. The first-order chi connectivity index (χ1) is 16.2. The minimum absolute atomic E-state index is 0.0156. The molecule has 1 saturated heterocycles. The minimum Gasteiger partial charge on any atom is -0.339 e. The zero-order valence-corrected chi connectivity index (χ0v) is 18.1. The topological polar surface area (TPSA) is 98.0 Å². The molecule has 0 radical (unpaired) electrons. The third-order valence-corrected chi connectivity index (χ3v) is 6.51. The number of fused-ring (bicyclic) bond motifs is 1. The fraction of sp³-hybridized carbons (Fsp3) is 0.280. The molecule has 0 atom stereocenters. The zero-order chi connectivity index (χ0) is 22.4. The number of carbonyl (C=O) groups is 1. The number of rotatable bonds is 4. The van der Waals surface area contributed by atoms with Crippen molar-refractivity contribution in [3.63, 3.8) is 0 Å². The van der Waals surface area contributed by atoms with E-state index in [9.17, 15) is 9.59 Å². The number of carbonyl (C=O) groups excluding carboxylic acids is 1. The Morgan fingerprint density at radius 1 is 0.970 bits per heavy atom. The number of benzene rings is 2. The number of aromatic amines is 2. The third-order valence-electron chi connectivity index (χ3n) is 6.51. The number of piperazine rings is 1. The lowest BCUT2D eigenvalue weighted by Crippen LogP contribution is -2.49. The van der Waals surface area contributed by atoms with E-state index in [1.54, 1.807) is 6.07 Å². The summed E-state index contributed by atoms with van der Waals surface area (Å²) in [5.41, 5.74) is 4.33. The molecule has 1 aliphatic carbocycles. The molecule has 2 aliphatic rings. The lowest BCUT2D eigenvalue weighted by atomic mass is 10.1. The lowest BCUT2D eigenvalue weighted by molar-refractivity contribution is 0.0746. The van der Waals surface area contributed by atoms with Gasteiger partial charge in [-0.25, -0.2) is 4.98 Å². The molecule has 0 bridgehead atoms. The van der Waals surface area contributed by atoms with Crippen molar-refractivity contribution in [3.8, 4) is 11.3 Å². The van der Waals surface area contributed by atoms with Gasteiger partial charge in [-0.3, -0.25) is 19.7 Å². The fourth-order valence-electron chi connectivity index (χ4n) is 4.40. The minimum atomic E-state index is -0.143. The number of hydrogen-bond acceptors (Lipinski definition) is 5. The van der Waals surface area contributed by atoms with Crippen molar-refractivity contribution in [3.05, 3.63) is 76.2 Å². The summed E-state index contributed by atoms with van der Waals surface area (Å²) >= 11 is 0. The highest BCUT2D eigenvalue weighted by atomic mass is 16.2. The highest BCUT2D eigenvalue weighted by Gasteiger charge is 2.26. The van der Waals surface area contributed by atoms with E-state index in [1.807, 2.05) is 52.3 Å². The van der Waals surface area contributed by atoms with Gasteiger partial charge < -0.3 is 9.80 Å². The monoisotopic (exact) mass is 440 g/mol. The summed E-state index contributed by atoms with van der Waals surface area (Å²) in [5, 5.41) is 8.13. The van der Waals surface area contributed by atoms with Crippen LogP contribution in [-0.2, 0) is 0 Å². The molecule has 3 heterocycles. The van der Waals surface area contributed by atoms with Crippen LogP contribution in [0.2, 0.25) is 0 Å². The van der Waals surface area contributed by atoms with Gasteiger partial charge in [0.25, 0.3) is 11.5 Å². The number of hydrogen-bond donors (Lipinski definition) is 2. The Morgan fingerprint density at radius 3 is 2.48 bits per heavy atom. The molecule has 4 aromatic rings. The SMILES string of the molecule is O=C(c1ccc(-c2cc(C3CC3)[nH]n2)cc1)N1CCN(c2nc3ccccc3c(=O)[nH]2)CC1. The Labute approximate surface area is 190 Å². The average Bonchev–Trinajstić information content (AvgIpc) is 3.60. The van der Waals surface area contributed by atoms with Gasteiger partial charge in [-0.1, -0.05) is 24.3 Å². The molecular formula is C25H24N6O2. The maximum atomic E-state index is 13.0. The van der Waals surface area contributed by atoms with E-state index in [1.165, 1.54) is 18.5 Å². The highest BCUT2D eigenvalue weighted by molar-refractivity contribution is 5.94. The summed E-state index contributed by atoms with van der Waals surface area (Å²) in [5.74, 6) is 1.20. The van der Waals surface area contributed by atoms with Crippen LogP contribution in [0, 0.1) is 0 Å². The van der Waals surface area contributed by atoms with Crippen molar-refractivity contribution in [2.24, 2.45) is 0 Å². The summed E-state index contributed by atoms with van der Waals surface area (Å²) in [7, 11) is 0. The predicted octanol–water partition coefficient (Wildman–Crippen LogP) is 3.15. The molecule has 6 rings (SSSR count). The van der Waals surface area contributed by atoms with E-state index < -0.39 is 0 Å². The molecule has 1 amide bonds. The number of nitrogens with one attached hydrogen (secondary N) is 2. The number of anilines is 1. The summed E-state index contributed by atoms with van der Waals surface area (Å²) < 4.78 is 0. The summed E-state index contributed by atoms with van der Waals surface area (Å²) in [6.07, 6.45) is 2.46. The van der Waals surface area contributed by atoms with Crippen LogP contribution in [-0.4, -0.2) is 57.2 Å². The molecule has 0 unspecified atom stereocenters. The first kappa shape index (κ1) is 19.7. The Morgan fingerprint density at radius 2 is 1.73 bits per heavy atom. The standard InChI is InChI=1S/C25H24N6O2/c32-23-19-3-1-2-4-20(19)26-25(27-23)31-13-11-30(12-14-31)24(33)18-9-7-17(8-10-18)22-15-21(28-29-22)16-5-6-16/h1-4,7-10,15-16H,5-6,11-14H2,(H,28,29)(H,26,27,32). The van der Waals surface area contributed by atoms with Gasteiger partial charge in [0.1, 0.15) is 0 Å². The molecule has 2 aromatic heterocycles. The van der Waals surface area contributed by atoms with E-state index in [4.69, 9.17) is 0 Å². The summed E-state index contributed by atoms with van der Waals surface area (Å²) in [6, 6.07) is 17.1. The van der Waals surface area contributed by atoms with Crippen molar-refractivity contribution in [2.75, 3.05) is 31.1 Å². The molecule has 2 fully saturated rings. The van der Waals surface area contributed by atoms with Crippen LogP contribution in [0.1, 0.15) is 34.8 Å². The lowest BCUT2D eigenvalue weighted by Gasteiger charge is -2.35. The first-order valence-corrected chi connectivity index (χ1v) is 11.3. The van der Waals surface area contributed by atoms with Crippen LogP contribution in [0.3, 0.4) is 0 Å². The third kappa shape index (κ3) is 3.77. The van der Waals surface area contributed by atoms with Gasteiger partial charge in [-0.2, -0.15) is 5.10 Å². The van der Waals surface area contributed by atoms with E-state index >= 15 is 0 Å². The van der Waals surface area contributed by atoms with Crippen molar-refractivity contribution in [2.45, 2.75) is 18.8 Å². The maximum absolute atomic E-state index is 13.0. The number of H-pyrrole nitrogens is 2. The summed E-state index contributed by atoms with van der Waals surface area (Å²) in [4.78, 5) is 36.8. The van der Waals surface area contributed by atoms with Gasteiger partial charge in [0, 0.05) is 48.9 Å². The van der Waals surface area contributed by atoms with Gasteiger partial charge in [-0.05, 0) is 43.2 Å².